The van der Waals surface area contributed by atoms with E-state index >= 15 is 0 Å². The SMILES string of the molecule is C#Cc1ccc(-n2nc(C#N)c(N)c2C(=O)OC)cc1. The number of ether oxygens (including phenoxy) is 1. The average molecular weight is 266 g/mol. The number of hydrogen-bond donors (Lipinski definition) is 1. The number of methoxy groups -OCH3 is 1. The molecule has 2 N–H and O–H groups in total. The molecule has 0 aliphatic heterocycles. The van der Waals surface area contributed by atoms with Crippen LogP contribution >= 0.6 is 0 Å². The number of nitrogen functional groups attached to an aromatic ring is 1. The molecule has 1 heterocycles. The first-order valence-electron chi connectivity index (χ1n) is 5.56. The maximum atomic E-state index is 11.8. The zero-order valence-corrected chi connectivity index (χ0v) is 10.6. The Balaban J connectivity index is 2.64. The third kappa shape index (κ3) is 2.06. The largest absolute Gasteiger partial charge is 0.464 e. The standard InChI is InChI=1S/C14H10N4O2/c1-3-9-4-6-10(7-5-9)18-13(14(19)20-2)12(16)11(8-15)17-18/h1,4-7H,16H2,2H3. The number of aromatic nitrogens is 2. The maximum Gasteiger partial charge on any atom is 0.359 e. The van der Waals surface area contributed by atoms with Gasteiger partial charge in [0.2, 0.25) is 0 Å². The number of carbonyl (C=O) groups excluding carboxylic acids is 1. The van der Waals surface area contributed by atoms with Gasteiger partial charge >= 0.3 is 5.97 Å². The molecule has 0 aliphatic rings. The van der Waals surface area contributed by atoms with Gasteiger partial charge in [-0.05, 0) is 24.3 Å². The molecule has 0 amide bonds. The molecule has 0 atom stereocenters. The summed E-state index contributed by atoms with van der Waals surface area (Å²) in [7, 11) is 1.23. The molecule has 0 saturated heterocycles. The minimum atomic E-state index is -0.669. The first-order chi connectivity index (χ1) is 9.62. The molecule has 20 heavy (non-hydrogen) atoms. The van der Waals surface area contributed by atoms with Gasteiger partial charge in [-0.15, -0.1) is 6.42 Å². The van der Waals surface area contributed by atoms with Gasteiger partial charge in [0, 0.05) is 5.56 Å². The van der Waals surface area contributed by atoms with Crippen LogP contribution in [0.5, 0.6) is 0 Å². The highest BCUT2D eigenvalue weighted by Gasteiger charge is 2.23. The second-order valence-electron chi connectivity index (χ2n) is 3.82. The number of benzene rings is 1. The lowest BCUT2D eigenvalue weighted by atomic mass is 10.2. The molecule has 98 valence electrons. The molecule has 0 fully saturated rings. The van der Waals surface area contributed by atoms with Gasteiger partial charge in [-0.3, -0.25) is 0 Å². The van der Waals surface area contributed by atoms with Crippen LogP contribution in [0.3, 0.4) is 0 Å². The van der Waals surface area contributed by atoms with Crippen LogP contribution in [-0.2, 0) is 4.74 Å². The van der Waals surface area contributed by atoms with E-state index in [1.165, 1.54) is 11.8 Å². The number of anilines is 1. The average Bonchev–Trinajstić information content (AvgIpc) is 2.83. The van der Waals surface area contributed by atoms with Gasteiger partial charge in [0.1, 0.15) is 11.8 Å². The van der Waals surface area contributed by atoms with Crippen molar-refractivity contribution in [2.45, 2.75) is 0 Å². The van der Waals surface area contributed by atoms with Crippen molar-refractivity contribution in [3.05, 3.63) is 41.2 Å². The number of carbonyl (C=O) groups is 1. The maximum absolute atomic E-state index is 11.8. The van der Waals surface area contributed by atoms with Crippen molar-refractivity contribution in [2.75, 3.05) is 12.8 Å². The minimum Gasteiger partial charge on any atom is -0.464 e. The van der Waals surface area contributed by atoms with Gasteiger partial charge in [-0.1, -0.05) is 5.92 Å². The second kappa shape index (κ2) is 5.17. The Morgan fingerprint density at radius 2 is 2.10 bits per heavy atom. The van der Waals surface area contributed by atoms with Crippen LogP contribution in [0.2, 0.25) is 0 Å². The monoisotopic (exact) mass is 266 g/mol. The van der Waals surface area contributed by atoms with Crippen molar-refractivity contribution >= 4 is 11.7 Å². The van der Waals surface area contributed by atoms with Crippen molar-refractivity contribution < 1.29 is 9.53 Å². The van der Waals surface area contributed by atoms with E-state index in [-0.39, 0.29) is 17.1 Å². The zero-order chi connectivity index (χ0) is 14.7. The first-order valence-corrected chi connectivity index (χ1v) is 5.56. The molecular formula is C14H10N4O2. The molecule has 2 aromatic rings. The Kier molecular flexibility index (Phi) is 3.41. The molecule has 0 radical (unpaired) electrons. The molecule has 0 aliphatic carbocycles. The quantitative estimate of drug-likeness (QED) is 0.648. The predicted molar refractivity (Wildman–Crippen MR) is 72.0 cm³/mol. The van der Waals surface area contributed by atoms with E-state index in [9.17, 15) is 4.79 Å². The number of terminal acetylenes is 1. The Bertz CT molecular complexity index is 745. The van der Waals surface area contributed by atoms with Crippen molar-refractivity contribution in [3.8, 4) is 24.1 Å². The van der Waals surface area contributed by atoms with E-state index in [1.54, 1.807) is 24.3 Å². The van der Waals surface area contributed by atoms with Crippen LogP contribution in [0, 0.1) is 23.7 Å². The van der Waals surface area contributed by atoms with Gasteiger partial charge in [0.05, 0.1) is 12.8 Å². The lowest BCUT2D eigenvalue weighted by molar-refractivity contribution is 0.0591. The fraction of sp³-hybridized carbons (Fsp3) is 0.0714. The van der Waals surface area contributed by atoms with Crippen LogP contribution in [0.1, 0.15) is 21.7 Å². The van der Waals surface area contributed by atoms with E-state index in [1.807, 2.05) is 6.07 Å². The van der Waals surface area contributed by atoms with Crippen LogP contribution < -0.4 is 5.73 Å². The van der Waals surface area contributed by atoms with Gasteiger partial charge in [0.15, 0.2) is 11.4 Å². The molecule has 1 aromatic carbocycles. The summed E-state index contributed by atoms with van der Waals surface area (Å²) in [6.07, 6.45) is 5.28. The molecule has 0 unspecified atom stereocenters. The van der Waals surface area contributed by atoms with Gasteiger partial charge in [-0.2, -0.15) is 10.4 Å². The summed E-state index contributed by atoms with van der Waals surface area (Å²) in [5.41, 5.74) is 6.95. The van der Waals surface area contributed by atoms with Crippen LogP contribution in [-0.4, -0.2) is 22.9 Å². The van der Waals surface area contributed by atoms with Crippen molar-refractivity contribution in [1.82, 2.24) is 9.78 Å². The number of rotatable bonds is 2. The van der Waals surface area contributed by atoms with Crippen molar-refractivity contribution in [1.29, 1.82) is 5.26 Å². The normalized spacial score (nSPS) is 9.55. The lowest BCUT2D eigenvalue weighted by Crippen LogP contribution is -2.12. The van der Waals surface area contributed by atoms with Crippen molar-refractivity contribution in [2.24, 2.45) is 0 Å². The van der Waals surface area contributed by atoms with Crippen LogP contribution in [0.15, 0.2) is 24.3 Å². The van der Waals surface area contributed by atoms with E-state index in [0.29, 0.717) is 11.3 Å². The van der Waals surface area contributed by atoms with Crippen LogP contribution in [0.4, 0.5) is 5.69 Å². The minimum absolute atomic E-state index is 0.0116. The zero-order valence-electron chi connectivity index (χ0n) is 10.6. The number of esters is 1. The highest BCUT2D eigenvalue weighted by Crippen LogP contribution is 2.21. The fourth-order valence-electron chi connectivity index (χ4n) is 1.69. The fourth-order valence-corrected chi connectivity index (χ4v) is 1.69. The number of nitrogens with two attached hydrogens (primary N) is 1. The molecule has 0 spiro atoms. The first kappa shape index (κ1) is 13.2. The molecule has 0 saturated carbocycles. The topological polar surface area (TPSA) is 93.9 Å². The lowest BCUT2D eigenvalue weighted by Gasteiger charge is -2.06. The Labute approximate surface area is 115 Å². The predicted octanol–water partition coefficient (Wildman–Crippen LogP) is 1.09. The Morgan fingerprint density at radius 3 is 2.60 bits per heavy atom. The summed E-state index contributed by atoms with van der Waals surface area (Å²) in [6, 6.07) is 8.57. The van der Waals surface area contributed by atoms with Gasteiger partial charge in [-0.25, -0.2) is 9.48 Å². The molecule has 6 nitrogen and oxygen atoms in total. The van der Waals surface area contributed by atoms with Gasteiger partial charge < -0.3 is 10.5 Å². The van der Waals surface area contributed by atoms with E-state index in [4.69, 9.17) is 17.4 Å². The second-order valence-corrected chi connectivity index (χ2v) is 3.82. The van der Waals surface area contributed by atoms with Crippen molar-refractivity contribution in [3.63, 3.8) is 0 Å². The molecule has 1 aromatic heterocycles. The number of nitriles is 1. The third-order valence-electron chi connectivity index (χ3n) is 2.69. The number of nitrogens with zero attached hydrogens (tertiary/aromatic N) is 3. The van der Waals surface area contributed by atoms with E-state index < -0.39 is 5.97 Å². The molecule has 6 heteroatoms. The summed E-state index contributed by atoms with van der Waals surface area (Å²) >= 11 is 0. The van der Waals surface area contributed by atoms with E-state index in [0.717, 1.165) is 0 Å². The Hall–Kier alpha value is -3.25. The summed E-state index contributed by atoms with van der Waals surface area (Å²) in [4.78, 5) is 11.8. The van der Waals surface area contributed by atoms with Crippen LogP contribution in [0.25, 0.3) is 5.69 Å². The highest BCUT2D eigenvalue weighted by molar-refractivity contribution is 5.95. The third-order valence-corrected chi connectivity index (χ3v) is 2.69. The summed E-state index contributed by atoms with van der Waals surface area (Å²) in [5.74, 6) is 1.81. The smallest absolute Gasteiger partial charge is 0.359 e. The summed E-state index contributed by atoms with van der Waals surface area (Å²) in [6.45, 7) is 0. The molecule has 2 rings (SSSR count). The Morgan fingerprint density at radius 1 is 1.45 bits per heavy atom. The molecular weight excluding hydrogens is 256 g/mol. The summed E-state index contributed by atoms with van der Waals surface area (Å²) < 4.78 is 5.92. The highest BCUT2D eigenvalue weighted by atomic mass is 16.5. The number of hydrogen-bond acceptors (Lipinski definition) is 5. The molecule has 0 bridgehead atoms. The summed E-state index contributed by atoms with van der Waals surface area (Å²) in [5, 5.41) is 13.0. The van der Waals surface area contributed by atoms with Gasteiger partial charge in [0.25, 0.3) is 0 Å². The van der Waals surface area contributed by atoms with E-state index in [2.05, 4.69) is 15.8 Å².